The minimum Gasteiger partial charge on any atom is -0.465 e. The first-order valence-electron chi connectivity index (χ1n) is 5.51. The van der Waals surface area contributed by atoms with E-state index in [-0.39, 0.29) is 5.82 Å². The zero-order valence-corrected chi connectivity index (χ0v) is 11.0. The van der Waals surface area contributed by atoms with Gasteiger partial charge in [-0.15, -0.1) is 0 Å². The summed E-state index contributed by atoms with van der Waals surface area (Å²) >= 11 is 1.35. The predicted molar refractivity (Wildman–Crippen MR) is 72.7 cm³/mol. The van der Waals surface area contributed by atoms with E-state index < -0.39 is 5.97 Å². The summed E-state index contributed by atoms with van der Waals surface area (Å²) in [4.78, 5) is 13.1. The average Bonchev–Trinajstić information content (AvgIpc) is 2.40. The maximum absolute atomic E-state index is 13.1. The molecule has 3 nitrogen and oxygen atoms in total. The summed E-state index contributed by atoms with van der Waals surface area (Å²) in [5, 5.41) is 0. The van der Waals surface area contributed by atoms with Crippen LogP contribution in [0, 0.1) is 5.82 Å². The molecule has 19 heavy (non-hydrogen) atoms. The summed E-state index contributed by atoms with van der Waals surface area (Å²) in [5.74, 6) is -0.784. The summed E-state index contributed by atoms with van der Waals surface area (Å²) in [6.45, 7) is 0. The largest absolute Gasteiger partial charge is 0.465 e. The highest BCUT2D eigenvalue weighted by Crippen LogP contribution is 2.30. The fourth-order valence-corrected chi connectivity index (χ4v) is 2.46. The monoisotopic (exact) mass is 277 g/mol. The number of methoxy groups -OCH3 is 1. The number of esters is 1. The molecule has 2 N–H and O–H groups in total. The lowest BCUT2D eigenvalue weighted by Gasteiger charge is -2.07. The van der Waals surface area contributed by atoms with E-state index in [1.54, 1.807) is 30.3 Å². The van der Waals surface area contributed by atoms with E-state index in [2.05, 4.69) is 4.74 Å². The maximum atomic E-state index is 13.1. The highest BCUT2D eigenvalue weighted by molar-refractivity contribution is 7.99. The zero-order valence-electron chi connectivity index (χ0n) is 10.2. The number of benzene rings is 2. The van der Waals surface area contributed by atoms with E-state index in [1.165, 1.54) is 31.0 Å². The van der Waals surface area contributed by atoms with Gasteiger partial charge >= 0.3 is 5.97 Å². The van der Waals surface area contributed by atoms with Crippen molar-refractivity contribution in [2.75, 3.05) is 12.8 Å². The van der Waals surface area contributed by atoms with Gasteiger partial charge in [0.1, 0.15) is 5.82 Å². The maximum Gasteiger partial charge on any atom is 0.339 e. The predicted octanol–water partition coefficient (Wildman–Crippen LogP) is 3.35. The van der Waals surface area contributed by atoms with Crippen molar-refractivity contribution in [3.63, 3.8) is 0 Å². The van der Waals surface area contributed by atoms with Crippen LogP contribution in [-0.4, -0.2) is 13.1 Å². The van der Waals surface area contributed by atoms with E-state index in [4.69, 9.17) is 5.73 Å². The molecule has 0 spiro atoms. The first kappa shape index (κ1) is 13.4. The lowest BCUT2D eigenvalue weighted by Crippen LogP contribution is -2.05. The minimum absolute atomic E-state index is 0.298. The third-order valence-electron chi connectivity index (χ3n) is 2.46. The number of halogens is 1. The molecule has 0 saturated heterocycles. The molecular weight excluding hydrogens is 265 g/mol. The number of nitrogens with two attached hydrogens (primary N) is 1. The molecule has 0 amide bonds. The van der Waals surface area contributed by atoms with Gasteiger partial charge in [0.05, 0.1) is 12.7 Å². The van der Waals surface area contributed by atoms with Crippen molar-refractivity contribution in [1.29, 1.82) is 0 Å². The standard InChI is InChI=1S/C14H12FNO2S/c1-18-14(17)12-8-11(5-6-13(12)16)19-10-4-2-3-9(15)7-10/h2-8H,16H2,1H3. The molecule has 0 aliphatic heterocycles. The van der Waals surface area contributed by atoms with Crippen LogP contribution >= 0.6 is 11.8 Å². The molecule has 0 aliphatic rings. The van der Waals surface area contributed by atoms with E-state index in [0.717, 1.165) is 9.79 Å². The number of carbonyl (C=O) groups excluding carboxylic acids is 1. The van der Waals surface area contributed by atoms with Crippen LogP contribution in [0.15, 0.2) is 52.3 Å². The first-order chi connectivity index (χ1) is 9.10. The molecule has 0 atom stereocenters. The quantitative estimate of drug-likeness (QED) is 0.690. The second kappa shape index (κ2) is 5.75. The Hall–Kier alpha value is -2.01. The Kier molecular flexibility index (Phi) is 4.06. The number of rotatable bonds is 3. The molecule has 5 heteroatoms. The Morgan fingerprint density at radius 3 is 2.63 bits per heavy atom. The summed E-state index contributed by atoms with van der Waals surface area (Å²) in [6, 6.07) is 11.3. The number of carbonyl (C=O) groups is 1. The number of anilines is 1. The van der Waals surface area contributed by atoms with Crippen molar-refractivity contribution < 1.29 is 13.9 Å². The van der Waals surface area contributed by atoms with Gasteiger partial charge in [-0.3, -0.25) is 0 Å². The Labute approximate surface area is 114 Å². The molecule has 2 aromatic carbocycles. The smallest absolute Gasteiger partial charge is 0.339 e. The normalized spacial score (nSPS) is 10.2. The minimum atomic E-state index is -0.487. The van der Waals surface area contributed by atoms with Crippen LogP contribution in [0.3, 0.4) is 0 Å². The molecule has 0 saturated carbocycles. The highest BCUT2D eigenvalue weighted by atomic mass is 32.2. The SMILES string of the molecule is COC(=O)c1cc(Sc2cccc(F)c2)ccc1N. The summed E-state index contributed by atoms with van der Waals surface area (Å²) < 4.78 is 17.7. The lowest BCUT2D eigenvalue weighted by molar-refractivity contribution is 0.0601. The van der Waals surface area contributed by atoms with Gasteiger partial charge in [-0.05, 0) is 36.4 Å². The van der Waals surface area contributed by atoms with Gasteiger partial charge in [-0.25, -0.2) is 9.18 Å². The molecule has 0 aliphatic carbocycles. The van der Waals surface area contributed by atoms with Crippen LogP contribution in [0.1, 0.15) is 10.4 Å². The Balaban J connectivity index is 2.29. The Bertz CT molecular complexity index is 616. The number of hydrogen-bond donors (Lipinski definition) is 1. The number of nitrogen functional groups attached to an aromatic ring is 1. The van der Waals surface area contributed by atoms with Crippen LogP contribution in [0.2, 0.25) is 0 Å². The van der Waals surface area contributed by atoms with Gasteiger partial charge in [-0.2, -0.15) is 0 Å². The van der Waals surface area contributed by atoms with Crippen LogP contribution < -0.4 is 5.73 Å². The van der Waals surface area contributed by atoms with Crippen molar-refractivity contribution >= 4 is 23.4 Å². The molecule has 0 aromatic heterocycles. The zero-order chi connectivity index (χ0) is 13.8. The molecule has 0 heterocycles. The molecule has 0 bridgehead atoms. The topological polar surface area (TPSA) is 52.3 Å². The van der Waals surface area contributed by atoms with Gasteiger partial charge in [0.2, 0.25) is 0 Å². The summed E-state index contributed by atoms with van der Waals surface area (Å²) in [5.41, 5.74) is 6.38. The molecule has 2 rings (SSSR count). The summed E-state index contributed by atoms with van der Waals surface area (Å²) in [7, 11) is 1.30. The van der Waals surface area contributed by atoms with Crippen LogP contribution in [0.4, 0.5) is 10.1 Å². The van der Waals surface area contributed by atoms with E-state index in [0.29, 0.717) is 11.3 Å². The van der Waals surface area contributed by atoms with Crippen LogP contribution in [0.25, 0.3) is 0 Å². The Morgan fingerprint density at radius 2 is 1.95 bits per heavy atom. The molecule has 0 fully saturated rings. The number of hydrogen-bond acceptors (Lipinski definition) is 4. The van der Waals surface area contributed by atoms with Crippen molar-refractivity contribution in [1.82, 2.24) is 0 Å². The molecule has 98 valence electrons. The molecule has 0 radical (unpaired) electrons. The fourth-order valence-electron chi connectivity index (χ4n) is 1.55. The third-order valence-corrected chi connectivity index (χ3v) is 3.44. The van der Waals surface area contributed by atoms with Crippen molar-refractivity contribution in [2.24, 2.45) is 0 Å². The highest BCUT2D eigenvalue weighted by Gasteiger charge is 2.11. The van der Waals surface area contributed by atoms with Crippen LogP contribution in [-0.2, 0) is 4.74 Å². The summed E-state index contributed by atoms with van der Waals surface area (Å²) in [6.07, 6.45) is 0. The first-order valence-corrected chi connectivity index (χ1v) is 6.33. The van der Waals surface area contributed by atoms with Crippen molar-refractivity contribution in [2.45, 2.75) is 9.79 Å². The third kappa shape index (κ3) is 3.26. The second-order valence-electron chi connectivity index (χ2n) is 3.80. The van der Waals surface area contributed by atoms with Crippen molar-refractivity contribution in [3.05, 3.63) is 53.8 Å². The van der Waals surface area contributed by atoms with E-state index >= 15 is 0 Å². The van der Waals surface area contributed by atoms with Gasteiger partial charge < -0.3 is 10.5 Å². The van der Waals surface area contributed by atoms with Gasteiger partial charge in [0.25, 0.3) is 0 Å². The van der Waals surface area contributed by atoms with Gasteiger partial charge in [0, 0.05) is 15.5 Å². The van der Waals surface area contributed by atoms with E-state index in [1.807, 2.05) is 0 Å². The lowest BCUT2D eigenvalue weighted by atomic mass is 10.2. The van der Waals surface area contributed by atoms with Crippen LogP contribution in [0.5, 0.6) is 0 Å². The van der Waals surface area contributed by atoms with E-state index in [9.17, 15) is 9.18 Å². The number of ether oxygens (including phenoxy) is 1. The fraction of sp³-hybridized carbons (Fsp3) is 0.0714. The average molecular weight is 277 g/mol. The molecule has 2 aromatic rings. The van der Waals surface area contributed by atoms with Crippen molar-refractivity contribution in [3.8, 4) is 0 Å². The second-order valence-corrected chi connectivity index (χ2v) is 4.95. The molecular formula is C14H12FNO2S. The Morgan fingerprint density at radius 1 is 1.21 bits per heavy atom. The van der Waals surface area contributed by atoms with Gasteiger partial charge in [0.15, 0.2) is 0 Å². The molecule has 0 unspecified atom stereocenters. The van der Waals surface area contributed by atoms with Gasteiger partial charge in [-0.1, -0.05) is 17.8 Å².